The van der Waals surface area contributed by atoms with Crippen molar-refractivity contribution in [3.05, 3.63) is 48.6 Å². The quantitative estimate of drug-likeness (QED) is 0.422. The maximum Gasteiger partial charge on any atom is 1.00 e. The fraction of sp³-hybridized carbons (Fsp3) is 0.111. The zero-order valence-electron chi connectivity index (χ0n) is 7.63. The third kappa shape index (κ3) is 3.19. The van der Waals surface area contributed by atoms with Crippen molar-refractivity contribution in [2.45, 2.75) is 6.17 Å². The van der Waals surface area contributed by atoms with Crippen LogP contribution in [0.3, 0.4) is 0 Å². The molecule has 11 heavy (non-hydrogen) atoms. The van der Waals surface area contributed by atoms with Crippen molar-refractivity contribution in [1.82, 2.24) is 0 Å². The molecule has 0 radical (unpaired) electrons. The SMILES string of the molecule is C=CC(F)c1ccccc1.[H-].[Na+]. The second-order valence-electron chi connectivity index (χ2n) is 2.05. The molecule has 0 aliphatic rings. The average molecular weight is 160 g/mol. The molecule has 0 spiro atoms. The number of rotatable bonds is 2. The normalized spacial score (nSPS) is 11.4. The standard InChI is InChI=1S/C9H9F.Na.H/c1-2-9(10)8-6-4-3-5-7-8;;/h2-7,9H,1H2;;/q;+1;-1. The molecule has 0 saturated carbocycles. The zero-order chi connectivity index (χ0) is 7.40. The van der Waals surface area contributed by atoms with Crippen LogP contribution in [0.1, 0.15) is 13.2 Å². The Morgan fingerprint density at radius 1 is 1.36 bits per heavy atom. The van der Waals surface area contributed by atoms with Crippen molar-refractivity contribution < 1.29 is 35.4 Å². The van der Waals surface area contributed by atoms with Gasteiger partial charge in [0.1, 0.15) is 6.17 Å². The van der Waals surface area contributed by atoms with Crippen LogP contribution < -0.4 is 29.6 Å². The van der Waals surface area contributed by atoms with Crippen LogP contribution in [0.2, 0.25) is 0 Å². The molecule has 1 rings (SSSR count). The van der Waals surface area contributed by atoms with Gasteiger partial charge in [0.25, 0.3) is 0 Å². The predicted octanol–water partition coefficient (Wildman–Crippen LogP) is -0.000300. The predicted molar refractivity (Wildman–Crippen MR) is 41.6 cm³/mol. The van der Waals surface area contributed by atoms with Gasteiger partial charge in [-0.25, -0.2) is 4.39 Å². The molecule has 1 atom stereocenters. The second-order valence-corrected chi connectivity index (χ2v) is 2.05. The third-order valence-electron chi connectivity index (χ3n) is 1.32. The molecule has 0 N–H and O–H groups in total. The maximum absolute atomic E-state index is 12.7. The second kappa shape index (κ2) is 5.53. The molecular weight excluding hydrogens is 150 g/mol. The molecule has 0 aliphatic carbocycles. The summed E-state index contributed by atoms with van der Waals surface area (Å²) in [6.07, 6.45) is 0.260. The van der Waals surface area contributed by atoms with Gasteiger partial charge in [-0.15, -0.1) is 0 Å². The molecule has 2 heteroatoms. The first kappa shape index (κ1) is 10.9. The van der Waals surface area contributed by atoms with Gasteiger partial charge in [0, 0.05) is 0 Å². The van der Waals surface area contributed by atoms with Gasteiger partial charge in [-0.05, 0) is 5.56 Å². The van der Waals surface area contributed by atoms with Crippen LogP contribution in [-0.2, 0) is 0 Å². The minimum atomic E-state index is -1.03. The van der Waals surface area contributed by atoms with Crippen LogP contribution in [0.15, 0.2) is 43.0 Å². The number of hydrogen-bond acceptors (Lipinski definition) is 0. The summed E-state index contributed by atoms with van der Waals surface area (Å²) in [6, 6.07) is 8.97. The van der Waals surface area contributed by atoms with Crippen molar-refractivity contribution in [2.75, 3.05) is 0 Å². The molecule has 54 valence electrons. The van der Waals surface area contributed by atoms with E-state index in [-0.39, 0.29) is 31.0 Å². The van der Waals surface area contributed by atoms with Gasteiger partial charge >= 0.3 is 29.6 Å². The summed E-state index contributed by atoms with van der Waals surface area (Å²) < 4.78 is 12.7. The molecule has 0 heterocycles. The van der Waals surface area contributed by atoms with Crippen molar-refractivity contribution in [3.63, 3.8) is 0 Å². The van der Waals surface area contributed by atoms with Gasteiger partial charge < -0.3 is 1.43 Å². The van der Waals surface area contributed by atoms with Gasteiger partial charge in [-0.2, -0.15) is 0 Å². The first-order valence-electron chi connectivity index (χ1n) is 3.16. The van der Waals surface area contributed by atoms with Gasteiger partial charge in [0.2, 0.25) is 0 Å². The van der Waals surface area contributed by atoms with Crippen LogP contribution >= 0.6 is 0 Å². The number of benzene rings is 1. The topological polar surface area (TPSA) is 0 Å². The molecule has 1 unspecified atom stereocenters. The molecule has 0 saturated heterocycles. The van der Waals surface area contributed by atoms with Gasteiger partial charge in [0.15, 0.2) is 0 Å². The molecule has 1 aromatic rings. The van der Waals surface area contributed by atoms with E-state index in [1.165, 1.54) is 6.08 Å². The van der Waals surface area contributed by atoms with Crippen LogP contribution in [-0.4, -0.2) is 0 Å². The van der Waals surface area contributed by atoms with Crippen LogP contribution in [0.25, 0.3) is 0 Å². The molecular formula is C9H10FNa. The Hall–Kier alpha value is -0.110. The fourth-order valence-corrected chi connectivity index (χ4v) is 0.773. The minimum Gasteiger partial charge on any atom is -1.00 e. The number of halogens is 1. The first-order chi connectivity index (χ1) is 4.84. The van der Waals surface area contributed by atoms with Crippen molar-refractivity contribution in [2.24, 2.45) is 0 Å². The van der Waals surface area contributed by atoms with E-state index < -0.39 is 6.17 Å². The Morgan fingerprint density at radius 2 is 1.91 bits per heavy atom. The van der Waals surface area contributed by atoms with Gasteiger partial charge in [-0.1, -0.05) is 43.0 Å². The molecule has 0 aromatic heterocycles. The third-order valence-corrected chi connectivity index (χ3v) is 1.32. The summed E-state index contributed by atoms with van der Waals surface area (Å²) in [5.74, 6) is 0. The molecule has 0 nitrogen and oxygen atoms in total. The largest absolute Gasteiger partial charge is 1.00 e. The Labute approximate surface area is 89.9 Å². The van der Waals surface area contributed by atoms with E-state index in [2.05, 4.69) is 6.58 Å². The summed E-state index contributed by atoms with van der Waals surface area (Å²) in [6.45, 7) is 3.36. The van der Waals surface area contributed by atoms with Crippen molar-refractivity contribution in [3.8, 4) is 0 Å². The molecule has 0 bridgehead atoms. The molecule has 1 aromatic carbocycles. The van der Waals surface area contributed by atoms with Crippen LogP contribution in [0.4, 0.5) is 4.39 Å². The number of allylic oxidation sites excluding steroid dienone is 1. The van der Waals surface area contributed by atoms with E-state index in [9.17, 15) is 4.39 Å². The van der Waals surface area contributed by atoms with Crippen molar-refractivity contribution >= 4 is 0 Å². The summed E-state index contributed by atoms with van der Waals surface area (Å²) in [5, 5.41) is 0. The average Bonchev–Trinajstić information content (AvgIpc) is 2.05. The van der Waals surface area contributed by atoms with Crippen molar-refractivity contribution in [1.29, 1.82) is 0 Å². The Balaban J connectivity index is 0. The first-order valence-corrected chi connectivity index (χ1v) is 3.16. The maximum atomic E-state index is 12.7. The number of alkyl halides is 1. The van der Waals surface area contributed by atoms with E-state index in [0.717, 1.165) is 0 Å². The van der Waals surface area contributed by atoms with Gasteiger partial charge in [-0.3, -0.25) is 0 Å². The monoisotopic (exact) mass is 160 g/mol. The van der Waals surface area contributed by atoms with E-state index in [0.29, 0.717) is 5.56 Å². The molecule has 0 fully saturated rings. The van der Waals surface area contributed by atoms with E-state index in [1.54, 1.807) is 12.1 Å². The molecule has 0 aliphatic heterocycles. The van der Waals surface area contributed by atoms with Gasteiger partial charge in [0.05, 0.1) is 0 Å². The minimum absolute atomic E-state index is 0. The number of hydrogen-bond donors (Lipinski definition) is 0. The van der Waals surface area contributed by atoms with E-state index >= 15 is 0 Å². The summed E-state index contributed by atoms with van der Waals surface area (Å²) in [4.78, 5) is 0. The Kier molecular flexibility index (Phi) is 5.47. The smallest absolute Gasteiger partial charge is 1.00 e. The summed E-state index contributed by atoms with van der Waals surface area (Å²) in [7, 11) is 0. The van der Waals surface area contributed by atoms with Crippen LogP contribution in [0.5, 0.6) is 0 Å². The fourth-order valence-electron chi connectivity index (χ4n) is 0.773. The summed E-state index contributed by atoms with van der Waals surface area (Å²) in [5.41, 5.74) is 0.664. The summed E-state index contributed by atoms with van der Waals surface area (Å²) >= 11 is 0. The zero-order valence-corrected chi connectivity index (χ0v) is 8.63. The Bertz CT molecular complexity index is 213. The van der Waals surface area contributed by atoms with E-state index in [1.807, 2.05) is 18.2 Å². The molecule has 0 amide bonds. The van der Waals surface area contributed by atoms with Crippen LogP contribution in [0, 0.1) is 0 Å². The Morgan fingerprint density at radius 3 is 2.36 bits per heavy atom. The van der Waals surface area contributed by atoms with E-state index in [4.69, 9.17) is 0 Å².